The lowest BCUT2D eigenvalue weighted by Gasteiger charge is -2.30. The monoisotopic (exact) mass is 474 g/mol. The van der Waals surface area contributed by atoms with Crippen molar-refractivity contribution in [3.63, 3.8) is 0 Å². The van der Waals surface area contributed by atoms with Crippen molar-refractivity contribution >= 4 is 28.7 Å². The van der Waals surface area contributed by atoms with E-state index >= 15 is 0 Å². The highest BCUT2D eigenvalue weighted by molar-refractivity contribution is 5.76. The molecule has 0 spiro atoms. The van der Waals surface area contributed by atoms with Gasteiger partial charge in [0, 0.05) is 30.8 Å². The molecule has 0 amide bonds. The number of benzene rings is 1. The number of imidazole rings is 1. The van der Waals surface area contributed by atoms with Gasteiger partial charge in [-0.25, -0.2) is 23.1 Å². The van der Waals surface area contributed by atoms with Crippen molar-refractivity contribution in [2.45, 2.75) is 58.0 Å². The molecule has 5 rings (SSSR count). The summed E-state index contributed by atoms with van der Waals surface area (Å²) < 4.78 is 49.7. The van der Waals surface area contributed by atoms with Gasteiger partial charge in [0.05, 0.1) is 12.8 Å². The zero-order valence-corrected chi connectivity index (χ0v) is 19.3. The Morgan fingerprint density at radius 3 is 2.44 bits per heavy atom. The van der Waals surface area contributed by atoms with Gasteiger partial charge in [-0.05, 0) is 43.9 Å². The van der Waals surface area contributed by atoms with Crippen LogP contribution in [0, 0.1) is 29.3 Å². The Hall–Kier alpha value is -2.88. The van der Waals surface area contributed by atoms with E-state index in [2.05, 4.69) is 34.4 Å². The lowest BCUT2D eigenvalue weighted by atomic mass is 9.87. The zero-order chi connectivity index (χ0) is 23.8. The third-order valence-corrected chi connectivity index (χ3v) is 6.98. The molecule has 0 radical (unpaired) electrons. The van der Waals surface area contributed by atoms with Crippen LogP contribution in [-0.4, -0.2) is 38.8 Å². The van der Waals surface area contributed by atoms with Gasteiger partial charge < -0.3 is 15.4 Å². The molecule has 7 nitrogen and oxygen atoms in total. The summed E-state index contributed by atoms with van der Waals surface area (Å²) in [6, 6.07) is 1.56. The number of anilines is 3. The molecule has 1 saturated carbocycles. The van der Waals surface area contributed by atoms with E-state index in [1.165, 1.54) is 0 Å². The van der Waals surface area contributed by atoms with Crippen LogP contribution in [0.3, 0.4) is 0 Å². The van der Waals surface area contributed by atoms with E-state index in [-0.39, 0.29) is 18.0 Å². The number of nitrogens with zero attached hydrogens (tertiary/aromatic N) is 4. The maximum absolute atomic E-state index is 14.4. The van der Waals surface area contributed by atoms with Crippen LogP contribution >= 0.6 is 0 Å². The lowest BCUT2D eigenvalue weighted by Crippen LogP contribution is -2.36. The van der Waals surface area contributed by atoms with Crippen LogP contribution in [0.5, 0.6) is 0 Å². The molecular weight excluding hydrogens is 445 g/mol. The van der Waals surface area contributed by atoms with Crippen molar-refractivity contribution in [2.24, 2.45) is 11.8 Å². The second-order valence-corrected chi connectivity index (χ2v) is 9.58. The van der Waals surface area contributed by atoms with Crippen LogP contribution in [0.15, 0.2) is 18.3 Å². The van der Waals surface area contributed by atoms with Crippen LogP contribution in [-0.2, 0) is 4.74 Å². The minimum Gasteiger partial charge on any atom is -0.381 e. The molecule has 2 N–H and O–H groups in total. The van der Waals surface area contributed by atoms with E-state index in [0.717, 1.165) is 32.1 Å². The first kappa shape index (κ1) is 22.9. The van der Waals surface area contributed by atoms with Gasteiger partial charge in [0.25, 0.3) is 0 Å². The Morgan fingerprint density at radius 1 is 1.00 bits per heavy atom. The van der Waals surface area contributed by atoms with Crippen LogP contribution in [0.1, 0.15) is 52.0 Å². The van der Waals surface area contributed by atoms with Gasteiger partial charge in [-0.1, -0.05) is 13.8 Å². The summed E-state index contributed by atoms with van der Waals surface area (Å²) in [5.41, 5.74) is 0.682. The van der Waals surface area contributed by atoms with Gasteiger partial charge in [0.1, 0.15) is 17.0 Å². The highest BCUT2D eigenvalue weighted by atomic mass is 19.1. The average molecular weight is 475 g/mol. The first-order chi connectivity index (χ1) is 16.4. The molecule has 34 heavy (non-hydrogen) atoms. The number of hydrogen-bond acceptors (Lipinski definition) is 6. The standard InChI is InChI=1S/C24H29F3N6O/c1-13-3-5-16(6-4-13)33-22-20(11-28-23(32-22)29-19-7-8-34-12-14(19)2)30-24(33)31-21-17(26)9-15(25)10-18(21)27/h9-11,13-14,16,19H,3-8,12H2,1-2H3,(H,30,31)(H,28,29,32)/t13-,14-,16+,19+/m1/s1. The van der Waals surface area contributed by atoms with Crippen molar-refractivity contribution in [3.05, 3.63) is 35.8 Å². The van der Waals surface area contributed by atoms with Gasteiger partial charge in [0.2, 0.25) is 11.9 Å². The Morgan fingerprint density at radius 2 is 1.74 bits per heavy atom. The minimum absolute atomic E-state index is 0.0695. The molecule has 1 saturated heterocycles. The van der Waals surface area contributed by atoms with Crippen LogP contribution in [0.4, 0.5) is 30.8 Å². The molecule has 2 aliphatic rings. The van der Waals surface area contributed by atoms with Crippen molar-refractivity contribution in [3.8, 4) is 0 Å². The molecule has 1 aliphatic carbocycles. The second kappa shape index (κ2) is 9.40. The van der Waals surface area contributed by atoms with E-state index in [0.29, 0.717) is 54.3 Å². The topological polar surface area (TPSA) is 76.9 Å². The van der Waals surface area contributed by atoms with Gasteiger partial charge in [-0.3, -0.25) is 4.57 Å². The predicted molar refractivity (Wildman–Crippen MR) is 124 cm³/mol. The van der Waals surface area contributed by atoms with Crippen LogP contribution in [0.2, 0.25) is 0 Å². The average Bonchev–Trinajstić information content (AvgIpc) is 3.16. The number of aromatic nitrogens is 4. The third kappa shape index (κ3) is 4.55. The van der Waals surface area contributed by atoms with Crippen molar-refractivity contribution in [1.82, 2.24) is 19.5 Å². The SMILES string of the molecule is C[C@@H]1COCC[C@@H]1Nc1ncc2nc(Nc3c(F)cc(F)cc3F)n([C@H]3CC[C@@H](C)CC3)c2n1. The summed E-state index contributed by atoms with van der Waals surface area (Å²) in [5, 5.41) is 6.19. The molecule has 2 atom stereocenters. The van der Waals surface area contributed by atoms with Gasteiger partial charge in [-0.2, -0.15) is 4.98 Å². The summed E-state index contributed by atoms with van der Waals surface area (Å²) in [5.74, 6) is -1.31. The van der Waals surface area contributed by atoms with Crippen molar-refractivity contribution < 1.29 is 17.9 Å². The number of nitrogens with one attached hydrogen (secondary N) is 2. The molecule has 2 aromatic heterocycles. The molecule has 182 valence electrons. The third-order valence-electron chi connectivity index (χ3n) is 6.98. The Balaban J connectivity index is 1.54. The second-order valence-electron chi connectivity index (χ2n) is 9.58. The fourth-order valence-corrected chi connectivity index (χ4v) is 4.93. The maximum atomic E-state index is 14.4. The summed E-state index contributed by atoms with van der Waals surface area (Å²) >= 11 is 0. The first-order valence-corrected chi connectivity index (χ1v) is 11.9. The van der Waals surface area contributed by atoms with E-state index in [9.17, 15) is 13.2 Å². The van der Waals surface area contributed by atoms with E-state index < -0.39 is 23.1 Å². The van der Waals surface area contributed by atoms with E-state index in [1.807, 2.05) is 4.57 Å². The Kier molecular flexibility index (Phi) is 6.33. The first-order valence-electron chi connectivity index (χ1n) is 11.9. The van der Waals surface area contributed by atoms with E-state index in [1.54, 1.807) is 6.20 Å². The lowest BCUT2D eigenvalue weighted by molar-refractivity contribution is 0.0536. The van der Waals surface area contributed by atoms with Crippen LogP contribution in [0.25, 0.3) is 11.2 Å². The van der Waals surface area contributed by atoms with Crippen LogP contribution < -0.4 is 10.6 Å². The molecule has 1 aliphatic heterocycles. The number of hydrogen-bond donors (Lipinski definition) is 2. The summed E-state index contributed by atoms with van der Waals surface area (Å²) in [7, 11) is 0. The Bertz CT molecular complexity index is 1150. The fourth-order valence-electron chi connectivity index (χ4n) is 4.93. The smallest absolute Gasteiger partial charge is 0.224 e. The van der Waals surface area contributed by atoms with Gasteiger partial charge in [0.15, 0.2) is 17.3 Å². The number of halogens is 3. The zero-order valence-electron chi connectivity index (χ0n) is 19.3. The molecule has 10 heteroatoms. The maximum Gasteiger partial charge on any atom is 0.224 e. The Labute approximate surface area is 196 Å². The predicted octanol–water partition coefficient (Wildman–Crippen LogP) is 5.58. The highest BCUT2D eigenvalue weighted by Crippen LogP contribution is 2.37. The highest BCUT2D eigenvalue weighted by Gasteiger charge is 2.27. The summed E-state index contributed by atoms with van der Waals surface area (Å²) in [4.78, 5) is 13.8. The molecule has 0 unspecified atom stereocenters. The largest absolute Gasteiger partial charge is 0.381 e. The molecule has 3 heterocycles. The molecule has 3 aromatic rings. The van der Waals surface area contributed by atoms with Gasteiger partial charge >= 0.3 is 0 Å². The quantitative estimate of drug-likeness (QED) is 0.503. The normalized spacial score (nSPS) is 25.4. The minimum atomic E-state index is -1.02. The fraction of sp³-hybridized carbons (Fsp3) is 0.542. The number of fused-ring (bicyclic) bond motifs is 1. The molecule has 2 fully saturated rings. The van der Waals surface area contributed by atoms with Crippen molar-refractivity contribution in [1.29, 1.82) is 0 Å². The van der Waals surface area contributed by atoms with Gasteiger partial charge in [-0.15, -0.1) is 0 Å². The molecular formula is C24H29F3N6O. The number of ether oxygens (including phenoxy) is 1. The summed E-state index contributed by atoms with van der Waals surface area (Å²) in [6.45, 7) is 5.72. The number of rotatable bonds is 5. The van der Waals surface area contributed by atoms with E-state index in [4.69, 9.17) is 9.72 Å². The molecule has 0 bridgehead atoms. The summed E-state index contributed by atoms with van der Waals surface area (Å²) in [6.07, 6.45) is 6.37. The van der Waals surface area contributed by atoms with Crippen molar-refractivity contribution in [2.75, 3.05) is 23.8 Å². The molecule has 1 aromatic carbocycles.